The Morgan fingerprint density at radius 3 is 1.97 bits per heavy atom. The van der Waals surface area contributed by atoms with Crippen molar-refractivity contribution in [3.63, 3.8) is 0 Å². The van der Waals surface area contributed by atoms with Crippen molar-refractivity contribution >= 4 is 33.2 Å². The topological polar surface area (TPSA) is 95.6 Å². The van der Waals surface area contributed by atoms with Crippen LogP contribution < -0.4 is 10.6 Å². The summed E-state index contributed by atoms with van der Waals surface area (Å²) in [6, 6.07) is 12.9. The molecule has 2 amide bonds. The monoisotopic (exact) mass is 457 g/mol. The molecule has 2 aromatic carbocycles. The van der Waals surface area contributed by atoms with Gasteiger partial charge in [-0.05, 0) is 55.3 Å². The molecule has 8 heteroatoms. The molecular formula is C24H31N3O4S. The minimum Gasteiger partial charge on any atom is -0.326 e. The first-order valence-electron chi connectivity index (χ1n) is 10.9. The minimum atomic E-state index is -3.55. The van der Waals surface area contributed by atoms with Gasteiger partial charge in [-0.1, -0.05) is 39.7 Å². The molecule has 32 heavy (non-hydrogen) atoms. The molecule has 0 saturated carbocycles. The van der Waals surface area contributed by atoms with Crippen LogP contribution in [0, 0.1) is 5.41 Å². The number of amides is 2. The van der Waals surface area contributed by atoms with E-state index in [9.17, 15) is 18.0 Å². The van der Waals surface area contributed by atoms with E-state index in [4.69, 9.17) is 0 Å². The van der Waals surface area contributed by atoms with Crippen LogP contribution in [-0.2, 0) is 14.8 Å². The molecular weight excluding hydrogens is 426 g/mol. The summed E-state index contributed by atoms with van der Waals surface area (Å²) < 4.78 is 27.3. The van der Waals surface area contributed by atoms with E-state index in [2.05, 4.69) is 10.6 Å². The Balaban J connectivity index is 1.69. The number of carbonyl (C=O) groups excluding carboxylic acids is 2. The molecule has 0 radical (unpaired) electrons. The van der Waals surface area contributed by atoms with Crippen molar-refractivity contribution in [3.8, 4) is 0 Å². The van der Waals surface area contributed by atoms with Crippen molar-refractivity contribution in [2.45, 2.75) is 51.3 Å². The molecule has 0 spiro atoms. The lowest BCUT2D eigenvalue weighted by Gasteiger charge is -2.20. The summed E-state index contributed by atoms with van der Waals surface area (Å²) in [4.78, 5) is 25.0. The fourth-order valence-electron chi connectivity index (χ4n) is 3.41. The second-order valence-electron chi connectivity index (χ2n) is 9.08. The maximum atomic E-state index is 12.9. The fraction of sp³-hybridized carbons (Fsp3) is 0.417. The lowest BCUT2D eigenvalue weighted by atomic mass is 9.95. The SMILES string of the molecule is CC(C)(C)C(=O)Nc1cccc(NC(=O)c2ccc(S(=O)(=O)N3CCCCCC3)cc2)c1. The first-order chi connectivity index (χ1) is 15.1. The quantitative estimate of drug-likeness (QED) is 0.692. The molecule has 0 bridgehead atoms. The van der Waals surface area contributed by atoms with Crippen LogP contribution in [0.1, 0.15) is 56.8 Å². The van der Waals surface area contributed by atoms with Crippen molar-refractivity contribution < 1.29 is 18.0 Å². The lowest BCUT2D eigenvalue weighted by molar-refractivity contribution is -0.123. The summed E-state index contributed by atoms with van der Waals surface area (Å²) in [6.07, 6.45) is 3.84. The summed E-state index contributed by atoms with van der Waals surface area (Å²) in [5.41, 5.74) is 0.933. The highest BCUT2D eigenvalue weighted by Crippen LogP contribution is 2.22. The van der Waals surface area contributed by atoms with E-state index in [0.29, 0.717) is 30.0 Å². The second-order valence-corrected chi connectivity index (χ2v) is 11.0. The third kappa shape index (κ3) is 5.95. The third-order valence-electron chi connectivity index (χ3n) is 5.38. The molecule has 1 aliphatic rings. The molecule has 7 nitrogen and oxygen atoms in total. The number of rotatable bonds is 5. The molecule has 0 unspecified atom stereocenters. The number of hydrogen-bond donors (Lipinski definition) is 2. The Hall–Kier alpha value is -2.71. The molecule has 1 aliphatic heterocycles. The molecule has 3 rings (SSSR count). The van der Waals surface area contributed by atoms with Crippen molar-refractivity contribution in [3.05, 3.63) is 54.1 Å². The molecule has 0 aliphatic carbocycles. The number of nitrogens with one attached hydrogen (secondary N) is 2. The van der Waals surface area contributed by atoms with Gasteiger partial charge < -0.3 is 10.6 Å². The zero-order chi connectivity index (χ0) is 23.4. The van der Waals surface area contributed by atoms with Gasteiger partial charge in [0.2, 0.25) is 15.9 Å². The number of carbonyl (C=O) groups is 2. The van der Waals surface area contributed by atoms with Crippen molar-refractivity contribution in [1.29, 1.82) is 0 Å². The Labute approximate surface area is 190 Å². The van der Waals surface area contributed by atoms with Gasteiger partial charge in [-0.15, -0.1) is 0 Å². The molecule has 2 aromatic rings. The molecule has 172 valence electrons. The highest BCUT2D eigenvalue weighted by molar-refractivity contribution is 7.89. The summed E-state index contributed by atoms with van der Waals surface area (Å²) in [5.74, 6) is -0.481. The molecule has 1 fully saturated rings. The standard InChI is InChI=1S/C24H31N3O4S/c1-24(2,3)23(29)26-20-10-8-9-19(17-20)25-22(28)18-11-13-21(14-12-18)32(30,31)27-15-6-4-5-7-16-27/h8-14,17H,4-7,15-16H2,1-3H3,(H,25,28)(H,26,29). The Morgan fingerprint density at radius 1 is 0.844 bits per heavy atom. The van der Waals surface area contributed by atoms with Crippen LogP contribution in [0.2, 0.25) is 0 Å². The van der Waals surface area contributed by atoms with Crippen LogP contribution in [-0.4, -0.2) is 37.6 Å². The summed E-state index contributed by atoms with van der Waals surface area (Å²) in [5, 5.41) is 5.62. The molecule has 1 saturated heterocycles. The number of sulfonamides is 1. The summed E-state index contributed by atoms with van der Waals surface area (Å²) in [6.45, 7) is 6.54. The predicted octanol–water partition coefficient (Wildman–Crippen LogP) is 4.49. The van der Waals surface area contributed by atoms with Gasteiger partial charge in [-0.3, -0.25) is 9.59 Å². The second kappa shape index (κ2) is 9.83. The molecule has 0 aromatic heterocycles. The van der Waals surface area contributed by atoms with E-state index in [1.54, 1.807) is 24.3 Å². The van der Waals surface area contributed by atoms with Gasteiger partial charge in [0.05, 0.1) is 4.90 Å². The van der Waals surface area contributed by atoms with Crippen molar-refractivity contribution in [2.75, 3.05) is 23.7 Å². The largest absolute Gasteiger partial charge is 0.326 e. The highest BCUT2D eigenvalue weighted by Gasteiger charge is 2.25. The van der Waals surface area contributed by atoms with Gasteiger partial charge >= 0.3 is 0 Å². The van der Waals surface area contributed by atoms with Gasteiger partial charge in [0.1, 0.15) is 0 Å². The van der Waals surface area contributed by atoms with Crippen LogP contribution >= 0.6 is 0 Å². The number of hydrogen-bond acceptors (Lipinski definition) is 4. The number of benzene rings is 2. The first-order valence-corrected chi connectivity index (χ1v) is 12.3. The summed E-state index contributed by atoms with van der Waals surface area (Å²) >= 11 is 0. The molecule has 2 N–H and O–H groups in total. The minimum absolute atomic E-state index is 0.123. The van der Waals surface area contributed by atoms with Gasteiger partial charge in [-0.2, -0.15) is 4.31 Å². The van der Waals surface area contributed by atoms with Crippen LogP contribution in [0.5, 0.6) is 0 Å². The average Bonchev–Trinajstić information content (AvgIpc) is 3.03. The Kier molecular flexibility index (Phi) is 7.36. The van der Waals surface area contributed by atoms with Gasteiger partial charge in [0.25, 0.3) is 5.91 Å². The van der Waals surface area contributed by atoms with Gasteiger partial charge in [0, 0.05) is 35.4 Å². The highest BCUT2D eigenvalue weighted by atomic mass is 32.2. The number of anilines is 2. The average molecular weight is 458 g/mol. The molecule has 1 heterocycles. The van der Waals surface area contributed by atoms with Crippen molar-refractivity contribution in [2.24, 2.45) is 5.41 Å². The molecule has 0 atom stereocenters. The van der Waals surface area contributed by atoms with Crippen molar-refractivity contribution in [1.82, 2.24) is 4.31 Å². The van der Waals surface area contributed by atoms with Crippen LogP contribution in [0.15, 0.2) is 53.4 Å². The maximum Gasteiger partial charge on any atom is 0.255 e. The van der Waals surface area contributed by atoms with E-state index in [-0.39, 0.29) is 16.7 Å². The zero-order valence-electron chi connectivity index (χ0n) is 18.8. The Morgan fingerprint density at radius 2 is 1.41 bits per heavy atom. The van der Waals surface area contributed by atoms with E-state index < -0.39 is 15.4 Å². The van der Waals surface area contributed by atoms with Crippen LogP contribution in [0.25, 0.3) is 0 Å². The van der Waals surface area contributed by atoms with E-state index in [1.165, 1.54) is 28.6 Å². The maximum absolute atomic E-state index is 12.9. The number of nitrogens with zero attached hydrogens (tertiary/aromatic N) is 1. The van der Waals surface area contributed by atoms with Gasteiger partial charge in [-0.25, -0.2) is 8.42 Å². The zero-order valence-corrected chi connectivity index (χ0v) is 19.7. The Bertz CT molecular complexity index is 1070. The first kappa shape index (κ1) is 23.9. The van der Waals surface area contributed by atoms with Crippen LogP contribution in [0.3, 0.4) is 0 Å². The predicted molar refractivity (Wildman–Crippen MR) is 126 cm³/mol. The van der Waals surface area contributed by atoms with E-state index >= 15 is 0 Å². The van der Waals surface area contributed by atoms with E-state index in [1.807, 2.05) is 20.8 Å². The summed E-state index contributed by atoms with van der Waals surface area (Å²) in [7, 11) is -3.55. The third-order valence-corrected chi connectivity index (χ3v) is 7.29. The fourth-order valence-corrected chi connectivity index (χ4v) is 4.92. The lowest BCUT2D eigenvalue weighted by Crippen LogP contribution is -2.31. The normalized spacial score (nSPS) is 15.6. The smallest absolute Gasteiger partial charge is 0.255 e. The van der Waals surface area contributed by atoms with Crippen LogP contribution in [0.4, 0.5) is 11.4 Å². The van der Waals surface area contributed by atoms with Gasteiger partial charge in [0.15, 0.2) is 0 Å². The van der Waals surface area contributed by atoms with E-state index in [0.717, 1.165) is 25.7 Å².